The topological polar surface area (TPSA) is 50.7 Å². The summed E-state index contributed by atoms with van der Waals surface area (Å²) in [6.07, 6.45) is 3.56. The molecule has 72 valence electrons. The zero-order valence-corrected chi connectivity index (χ0v) is 7.58. The van der Waals surface area contributed by atoms with Crippen LogP contribution < -0.4 is 5.32 Å². The molecule has 0 aliphatic carbocycles. The van der Waals surface area contributed by atoms with Crippen LogP contribution >= 0.6 is 0 Å². The van der Waals surface area contributed by atoms with Crippen LogP contribution in [0, 0.1) is 0 Å². The number of hydrogen-bond acceptors (Lipinski definition) is 4. The lowest BCUT2D eigenvalue weighted by Gasteiger charge is -2.04. The third kappa shape index (κ3) is 3.73. The quantitative estimate of drug-likeness (QED) is 0.508. The second kappa shape index (κ2) is 5.35. The van der Waals surface area contributed by atoms with Gasteiger partial charge >= 0.3 is 5.97 Å². The lowest BCUT2D eigenvalue weighted by atomic mass is 10.3. The first kappa shape index (κ1) is 9.77. The molecule has 1 aliphatic heterocycles. The molecule has 0 radical (unpaired) electrons. The number of rotatable bonds is 4. The van der Waals surface area contributed by atoms with Crippen molar-refractivity contribution in [2.24, 2.45) is 4.99 Å². The summed E-state index contributed by atoms with van der Waals surface area (Å²) in [5.41, 5.74) is 0. The minimum absolute atomic E-state index is 0.201. The van der Waals surface area contributed by atoms with Gasteiger partial charge in [0, 0.05) is 13.0 Å². The molecule has 0 saturated heterocycles. The van der Waals surface area contributed by atoms with E-state index in [0.29, 0.717) is 0 Å². The van der Waals surface area contributed by atoms with E-state index in [9.17, 15) is 4.79 Å². The third-order valence-electron chi connectivity index (χ3n) is 1.67. The van der Waals surface area contributed by atoms with Gasteiger partial charge in [0.2, 0.25) is 0 Å². The summed E-state index contributed by atoms with van der Waals surface area (Å²) in [6.45, 7) is 4.79. The van der Waals surface area contributed by atoms with Crippen molar-refractivity contribution in [3.63, 3.8) is 0 Å². The van der Waals surface area contributed by atoms with Crippen molar-refractivity contribution in [3.8, 4) is 0 Å². The highest BCUT2D eigenvalue weighted by Crippen LogP contribution is 2.00. The highest BCUT2D eigenvalue weighted by molar-refractivity contribution is 5.87. The Hall–Kier alpha value is -1.32. The summed E-state index contributed by atoms with van der Waals surface area (Å²) in [5, 5.41) is 2.93. The fourth-order valence-electron chi connectivity index (χ4n) is 1.06. The number of nitrogens with zero attached hydrogens (tertiary/aromatic N) is 1. The lowest BCUT2D eigenvalue weighted by molar-refractivity contribution is -0.141. The van der Waals surface area contributed by atoms with Crippen molar-refractivity contribution < 1.29 is 9.53 Å². The van der Waals surface area contributed by atoms with Crippen LogP contribution in [0.3, 0.4) is 0 Å². The van der Waals surface area contributed by atoms with Crippen molar-refractivity contribution in [1.29, 1.82) is 0 Å². The third-order valence-corrected chi connectivity index (χ3v) is 1.67. The minimum atomic E-state index is -0.269. The van der Waals surface area contributed by atoms with E-state index >= 15 is 0 Å². The average molecular weight is 182 g/mol. The van der Waals surface area contributed by atoms with Crippen LogP contribution in [0.4, 0.5) is 0 Å². The molecular weight excluding hydrogens is 168 g/mol. The Morgan fingerprint density at radius 2 is 2.62 bits per heavy atom. The van der Waals surface area contributed by atoms with E-state index < -0.39 is 0 Å². The monoisotopic (exact) mass is 182 g/mol. The summed E-state index contributed by atoms with van der Waals surface area (Å²) >= 11 is 0. The van der Waals surface area contributed by atoms with Gasteiger partial charge in [0.05, 0.1) is 5.84 Å². The second-order valence-corrected chi connectivity index (χ2v) is 2.76. The van der Waals surface area contributed by atoms with Gasteiger partial charge in [0.25, 0.3) is 0 Å². The summed E-state index contributed by atoms with van der Waals surface area (Å²) in [7, 11) is 0. The molecule has 0 saturated carbocycles. The first-order chi connectivity index (χ1) is 6.33. The van der Waals surface area contributed by atoms with E-state index in [0.717, 1.165) is 25.2 Å². The molecule has 0 bridgehead atoms. The van der Waals surface area contributed by atoms with Crippen LogP contribution in [0.25, 0.3) is 0 Å². The Balaban J connectivity index is 2.10. The van der Waals surface area contributed by atoms with E-state index in [1.54, 1.807) is 6.08 Å². The van der Waals surface area contributed by atoms with Gasteiger partial charge in [-0.1, -0.05) is 12.7 Å². The van der Waals surface area contributed by atoms with Gasteiger partial charge in [-0.05, 0) is 6.42 Å². The van der Waals surface area contributed by atoms with Crippen LogP contribution in [-0.2, 0) is 9.53 Å². The molecular formula is C9H14N2O2. The molecule has 0 fully saturated rings. The van der Waals surface area contributed by atoms with E-state index in [1.165, 1.54) is 0 Å². The highest BCUT2D eigenvalue weighted by atomic mass is 16.5. The van der Waals surface area contributed by atoms with Crippen LogP contribution in [0.1, 0.15) is 12.8 Å². The zero-order valence-electron chi connectivity index (χ0n) is 7.58. The maximum atomic E-state index is 11.0. The molecule has 1 rings (SSSR count). The molecule has 1 heterocycles. The van der Waals surface area contributed by atoms with Gasteiger partial charge in [-0.15, -0.1) is 0 Å². The van der Waals surface area contributed by atoms with Crippen molar-refractivity contribution in [1.82, 2.24) is 5.32 Å². The number of aliphatic imine (C=N–C) groups is 1. The van der Waals surface area contributed by atoms with Crippen molar-refractivity contribution in [3.05, 3.63) is 12.7 Å². The van der Waals surface area contributed by atoms with E-state index in [2.05, 4.69) is 16.9 Å². The summed E-state index contributed by atoms with van der Waals surface area (Å²) < 4.78 is 4.78. The molecule has 0 spiro atoms. The first-order valence-electron chi connectivity index (χ1n) is 4.36. The van der Waals surface area contributed by atoms with Gasteiger partial charge in [-0.3, -0.25) is 9.79 Å². The van der Waals surface area contributed by atoms with Gasteiger partial charge in [0.15, 0.2) is 0 Å². The number of ether oxygens (including phenoxy) is 1. The zero-order chi connectivity index (χ0) is 9.52. The largest absolute Gasteiger partial charge is 0.460 e. The maximum absolute atomic E-state index is 11.0. The van der Waals surface area contributed by atoms with Gasteiger partial charge < -0.3 is 10.1 Å². The Kier molecular flexibility index (Phi) is 4.02. The Bertz CT molecular complexity index is 224. The Morgan fingerprint density at radius 1 is 1.77 bits per heavy atom. The molecule has 0 atom stereocenters. The second-order valence-electron chi connectivity index (χ2n) is 2.76. The summed E-state index contributed by atoms with van der Waals surface area (Å²) in [4.78, 5) is 15.1. The molecule has 1 aliphatic rings. The number of carbonyl (C=O) groups is 1. The van der Waals surface area contributed by atoms with Crippen LogP contribution in [0.15, 0.2) is 17.6 Å². The number of nitrogens with one attached hydrogen (secondary N) is 1. The van der Waals surface area contributed by atoms with Crippen molar-refractivity contribution >= 4 is 11.8 Å². The van der Waals surface area contributed by atoms with Crippen molar-refractivity contribution in [2.75, 3.05) is 19.7 Å². The predicted molar refractivity (Wildman–Crippen MR) is 50.7 cm³/mol. The number of amidine groups is 1. The minimum Gasteiger partial charge on any atom is -0.460 e. The maximum Gasteiger partial charge on any atom is 0.325 e. The van der Waals surface area contributed by atoms with Crippen LogP contribution in [0.2, 0.25) is 0 Å². The van der Waals surface area contributed by atoms with Crippen molar-refractivity contribution in [2.45, 2.75) is 12.8 Å². The number of carbonyl (C=O) groups excluding carboxylic acids is 1. The summed E-state index contributed by atoms with van der Waals surface area (Å²) in [6, 6.07) is 0. The molecule has 4 nitrogen and oxygen atoms in total. The van der Waals surface area contributed by atoms with Crippen LogP contribution in [-0.4, -0.2) is 31.5 Å². The first-order valence-corrected chi connectivity index (χ1v) is 4.36. The molecule has 0 unspecified atom stereocenters. The summed E-state index contributed by atoms with van der Waals surface area (Å²) in [5.74, 6) is 0.644. The smallest absolute Gasteiger partial charge is 0.325 e. The molecule has 13 heavy (non-hydrogen) atoms. The molecule has 0 aromatic heterocycles. The number of hydrogen-bond donors (Lipinski definition) is 1. The predicted octanol–water partition coefficient (Wildman–Crippen LogP) is 0.497. The SMILES string of the molecule is C=CCOC(=O)CNC1=NCCC1. The fraction of sp³-hybridized carbons (Fsp3) is 0.556. The van der Waals surface area contributed by atoms with E-state index in [-0.39, 0.29) is 19.1 Å². The van der Waals surface area contributed by atoms with Gasteiger partial charge in [0.1, 0.15) is 13.2 Å². The molecule has 0 amide bonds. The normalized spacial score (nSPS) is 14.9. The Morgan fingerprint density at radius 3 is 3.23 bits per heavy atom. The highest BCUT2D eigenvalue weighted by Gasteiger charge is 2.07. The molecule has 1 N–H and O–H groups in total. The van der Waals surface area contributed by atoms with E-state index in [4.69, 9.17) is 4.74 Å². The van der Waals surface area contributed by atoms with Gasteiger partial charge in [-0.2, -0.15) is 0 Å². The van der Waals surface area contributed by atoms with Crippen LogP contribution in [0.5, 0.6) is 0 Å². The number of esters is 1. The average Bonchev–Trinajstić information content (AvgIpc) is 2.64. The van der Waals surface area contributed by atoms with Gasteiger partial charge in [-0.25, -0.2) is 0 Å². The molecule has 0 aromatic rings. The lowest BCUT2D eigenvalue weighted by Crippen LogP contribution is -2.29. The van der Waals surface area contributed by atoms with E-state index in [1.807, 2.05) is 0 Å². The Labute approximate surface area is 77.7 Å². The molecule has 0 aromatic carbocycles. The fourth-order valence-corrected chi connectivity index (χ4v) is 1.06. The molecule has 4 heteroatoms. The standard InChI is InChI=1S/C9H14N2O2/c1-2-6-13-9(12)7-11-8-4-3-5-10-8/h2H,1,3-7H2,(H,10,11).